The van der Waals surface area contributed by atoms with Crippen LogP contribution in [0, 0.1) is 5.92 Å². The van der Waals surface area contributed by atoms with Gasteiger partial charge < -0.3 is 20.1 Å². The summed E-state index contributed by atoms with van der Waals surface area (Å²) in [5.41, 5.74) is 8.99. The summed E-state index contributed by atoms with van der Waals surface area (Å²) >= 11 is 0. The van der Waals surface area contributed by atoms with Gasteiger partial charge in [-0.3, -0.25) is 0 Å². The number of hydrogen-bond donors (Lipinski definition) is 1. The van der Waals surface area contributed by atoms with E-state index >= 15 is 0 Å². The molecule has 1 aromatic carbocycles. The predicted octanol–water partition coefficient (Wildman–Crippen LogP) is 4.22. The van der Waals surface area contributed by atoms with Crippen LogP contribution in [0.2, 0.25) is 0 Å². The van der Waals surface area contributed by atoms with E-state index in [0.717, 1.165) is 42.5 Å². The van der Waals surface area contributed by atoms with Crippen LogP contribution in [0.25, 0.3) is 0 Å². The van der Waals surface area contributed by atoms with Crippen molar-refractivity contribution >= 4 is 11.4 Å². The Balaban J connectivity index is 1.93. The Morgan fingerprint density at radius 1 is 1.08 bits per heavy atom. The van der Waals surface area contributed by atoms with Crippen LogP contribution in [-0.2, 0) is 9.47 Å². The number of rotatable bonds is 6. The minimum absolute atomic E-state index is 0.776. The summed E-state index contributed by atoms with van der Waals surface area (Å²) in [7, 11) is 3.41. The van der Waals surface area contributed by atoms with Gasteiger partial charge in [0.2, 0.25) is 0 Å². The standard InChI is InChI=1S/C20H26N2O2/c1-23-19-5-3-4-18(12-20(13-19)24-2)22(14-15-6-7-15)17-10-8-16(21)9-11-17/h4,8-13,15H,3,5-7,14,21H2,1-2H3/b18-4+,19-13+,20-12+. The maximum Gasteiger partial charge on any atom is 0.124 e. The molecule has 0 unspecified atom stereocenters. The van der Waals surface area contributed by atoms with Gasteiger partial charge in [-0.05, 0) is 49.4 Å². The molecule has 1 fully saturated rings. The van der Waals surface area contributed by atoms with Gasteiger partial charge in [0.1, 0.15) is 5.76 Å². The first-order valence-corrected chi connectivity index (χ1v) is 8.53. The first-order chi connectivity index (χ1) is 11.7. The van der Waals surface area contributed by atoms with Crippen LogP contribution in [0.5, 0.6) is 0 Å². The minimum atomic E-state index is 0.776. The third-order valence-electron chi connectivity index (χ3n) is 4.49. The number of benzene rings is 1. The van der Waals surface area contributed by atoms with Crippen LogP contribution < -0.4 is 10.6 Å². The van der Waals surface area contributed by atoms with Crippen molar-refractivity contribution in [1.29, 1.82) is 0 Å². The summed E-state index contributed by atoms with van der Waals surface area (Å²) < 4.78 is 10.9. The SMILES string of the molecule is COC1=C/C(N(CC2CC2)c2ccc(N)cc2)=C\CC/C(OC)=C\1. The van der Waals surface area contributed by atoms with Crippen LogP contribution in [0.1, 0.15) is 25.7 Å². The molecule has 0 bridgehead atoms. The number of nitrogens with two attached hydrogens (primary N) is 1. The van der Waals surface area contributed by atoms with E-state index in [-0.39, 0.29) is 0 Å². The smallest absolute Gasteiger partial charge is 0.124 e. The van der Waals surface area contributed by atoms with E-state index in [1.54, 1.807) is 14.2 Å². The largest absolute Gasteiger partial charge is 0.501 e. The van der Waals surface area contributed by atoms with Gasteiger partial charge in [-0.1, -0.05) is 6.08 Å². The molecule has 3 rings (SSSR count). The number of nitrogen functional groups attached to an aromatic ring is 1. The molecule has 0 saturated heterocycles. The van der Waals surface area contributed by atoms with Gasteiger partial charge in [0, 0.05) is 42.2 Å². The topological polar surface area (TPSA) is 47.7 Å². The first kappa shape index (κ1) is 16.5. The van der Waals surface area contributed by atoms with Crippen molar-refractivity contribution < 1.29 is 9.47 Å². The van der Waals surface area contributed by atoms with E-state index in [2.05, 4.69) is 29.2 Å². The van der Waals surface area contributed by atoms with Gasteiger partial charge in [0.25, 0.3) is 0 Å². The molecule has 2 aliphatic carbocycles. The Bertz CT molecular complexity index is 655. The van der Waals surface area contributed by atoms with Crippen molar-refractivity contribution in [1.82, 2.24) is 0 Å². The van der Waals surface area contributed by atoms with Gasteiger partial charge >= 0.3 is 0 Å². The van der Waals surface area contributed by atoms with E-state index in [1.807, 2.05) is 18.2 Å². The molecule has 0 aliphatic heterocycles. The van der Waals surface area contributed by atoms with Crippen LogP contribution in [-0.4, -0.2) is 20.8 Å². The highest BCUT2D eigenvalue weighted by Crippen LogP contribution is 2.34. The second-order valence-corrected chi connectivity index (χ2v) is 6.38. The average molecular weight is 326 g/mol. The molecular weight excluding hydrogens is 300 g/mol. The van der Waals surface area contributed by atoms with Crippen molar-refractivity contribution in [2.45, 2.75) is 25.7 Å². The third-order valence-corrected chi connectivity index (χ3v) is 4.49. The Kier molecular flexibility index (Phi) is 5.14. The van der Waals surface area contributed by atoms with Crippen LogP contribution in [0.4, 0.5) is 11.4 Å². The molecule has 4 heteroatoms. The Hall–Kier alpha value is -2.36. The van der Waals surface area contributed by atoms with E-state index in [9.17, 15) is 0 Å². The third kappa shape index (κ3) is 4.13. The van der Waals surface area contributed by atoms with Crippen LogP contribution in [0.15, 0.2) is 59.7 Å². The second-order valence-electron chi connectivity index (χ2n) is 6.38. The van der Waals surface area contributed by atoms with Crippen molar-refractivity contribution in [2.75, 3.05) is 31.4 Å². The normalized spacial score (nSPS) is 24.3. The molecule has 1 aromatic rings. The molecule has 0 spiro atoms. The van der Waals surface area contributed by atoms with Gasteiger partial charge in [0.05, 0.1) is 20.0 Å². The first-order valence-electron chi connectivity index (χ1n) is 8.53. The fourth-order valence-electron chi connectivity index (χ4n) is 2.88. The van der Waals surface area contributed by atoms with Gasteiger partial charge in [0.15, 0.2) is 0 Å². The lowest BCUT2D eigenvalue weighted by Gasteiger charge is -2.27. The van der Waals surface area contributed by atoms with E-state index in [0.29, 0.717) is 0 Å². The number of hydrogen-bond acceptors (Lipinski definition) is 4. The quantitative estimate of drug-likeness (QED) is 0.795. The fraction of sp³-hybridized carbons (Fsp3) is 0.400. The van der Waals surface area contributed by atoms with Crippen molar-refractivity contribution in [3.63, 3.8) is 0 Å². The zero-order valence-electron chi connectivity index (χ0n) is 14.5. The van der Waals surface area contributed by atoms with Crippen molar-refractivity contribution in [2.24, 2.45) is 5.92 Å². The van der Waals surface area contributed by atoms with Crippen molar-refractivity contribution in [3.05, 3.63) is 59.7 Å². The number of allylic oxidation sites excluding steroid dienone is 4. The molecule has 24 heavy (non-hydrogen) atoms. The maximum absolute atomic E-state index is 5.85. The highest BCUT2D eigenvalue weighted by atomic mass is 16.5. The summed E-state index contributed by atoms with van der Waals surface area (Å²) in [4.78, 5) is 2.38. The molecule has 4 nitrogen and oxygen atoms in total. The summed E-state index contributed by atoms with van der Waals surface area (Å²) in [6.07, 6.45) is 10.8. The maximum atomic E-state index is 5.85. The molecule has 128 valence electrons. The summed E-state index contributed by atoms with van der Waals surface area (Å²) in [5, 5.41) is 0. The Morgan fingerprint density at radius 3 is 2.46 bits per heavy atom. The van der Waals surface area contributed by atoms with E-state index in [1.165, 1.54) is 24.2 Å². The predicted molar refractivity (Wildman–Crippen MR) is 98.4 cm³/mol. The molecular formula is C20H26N2O2. The second kappa shape index (κ2) is 7.47. The van der Waals surface area contributed by atoms with E-state index < -0.39 is 0 Å². The summed E-state index contributed by atoms with van der Waals surface area (Å²) in [6.45, 7) is 1.03. The van der Waals surface area contributed by atoms with E-state index in [4.69, 9.17) is 15.2 Å². The Labute approximate surface area is 144 Å². The minimum Gasteiger partial charge on any atom is -0.501 e. The van der Waals surface area contributed by atoms with Gasteiger partial charge in [-0.25, -0.2) is 0 Å². The molecule has 1 saturated carbocycles. The zero-order chi connectivity index (χ0) is 16.9. The van der Waals surface area contributed by atoms with Crippen LogP contribution >= 0.6 is 0 Å². The number of methoxy groups -OCH3 is 2. The highest BCUT2D eigenvalue weighted by Gasteiger charge is 2.26. The lowest BCUT2D eigenvalue weighted by atomic mass is 10.1. The van der Waals surface area contributed by atoms with Crippen LogP contribution in [0.3, 0.4) is 0 Å². The zero-order valence-corrected chi connectivity index (χ0v) is 14.5. The molecule has 2 N–H and O–H groups in total. The average Bonchev–Trinajstić information content (AvgIpc) is 3.38. The number of nitrogens with zero attached hydrogens (tertiary/aromatic N) is 1. The Morgan fingerprint density at radius 2 is 1.83 bits per heavy atom. The lowest BCUT2D eigenvalue weighted by molar-refractivity contribution is 0.264. The highest BCUT2D eigenvalue weighted by molar-refractivity contribution is 5.59. The van der Waals surface area contributed by atoms with Gasteiger partial charge in [-0.2, -0.15) is 0 Å². The summed E-state index contributed by atoms with van der Waals surface area (Å²) in [6, 6.07) is 8.10. The monoisotopic (exact) mass is 326 g/mol. The number of ether oxygens (including phenoxy) is 2. The fourth-order valence-corrected chi connectivity index (χ4v) is 2.88. The number of anilines is 2. The molecule has 2 aliphatic rings. The molecule has 0 aromatic heterocycles. The molecule has 0 heterocycles. The van der Waals surface area contributed by atoms with Gasteiger partial charge in [-0.15, -0.1) is 0 Å². The summed E-state index contributed by atoms with van der Waals surface area (Å²) in [5.74, 6) is 2.53. The molecule has 0 amide bonds. The molecule has 0 radical (unpaired) electrons. The molecule has 0 atom stereocenters. The van der Waals surface area contributed by atoms with Crippen molar-refractivity contribution in [3.8, 4) is 0 Å². The lowest BCUT2D eigenvalue weighted by Crippen LogP contribution is -2.24.